The van der Waals surface area contributed by atoms with Gasteiger partial charge in [0.25, 0.3) is 5.91 Å². The van der Waals surface area contributed by atoms with Crippen LogP contribution in [0.2, 0.25) is 0 Å². The van der Waals surface area contributed by atoms with Gasteiger partial charge in [-0.25, -0.2) is 9.78 Å². The number of hydrogen-bond donors (Lipinski definition) is 3. The molecule has 1 aliphatic heterocycles. The molecule has 1 atom stereocenters. The van der Waals surface area contributed by atoms with E-state index >= 15 is 0 Å². The van der Waals surface area contributed by atoms with Crippen LogP contribution in [0.25, 0.3) is 0 Å². The topological polar surface area (TPSA) is 130 Å². The normalized spacial score (nSPS) is 14.1. The lowest BCUT2D eigenvalue weighted by atomic mass is 10.1. The molecule has 0 aliphatic carbocycles. The average molecular weight is 567 g/mol. The van der Waals surface area contributed by atoms with Gasteiger partial charge in [-0.15, -0.1) is 0 Å². The summed E-state index contributed by atoms with van der Waals surface area (Å²) in [6.07, 6.45) is 0.972. The van der Waals surface area contributed by atoms with Crippen LogP contribution in [0.3, 0.4) is 0 Å². The van der Waals surface area contributed by atoms with Crippen molar-refractivity contribution >= 4 is 17.7 Å². The number of pyridine rings is 1. The van der Waals surface area contributed by atoms with Gasteiger partial charge in [-0.2, -0.15) is 23.4 Å². The van der Waals surface area contributed by atoms with Crippen LogP contribution in [-0.2, 0) is 28.5 Å². The van der Waals surface area contributed by atoms with E-state index in [1.807, 2.05) is 18.7 Å². The highest BCUT2D eigenvalue weighted by atomic mass is 19.4. The van der Waals surface area contributed by atoms with E-state index < -0.39 is 35.2 Å². The smallest absolute Gasteiger partial charge is 0.418 e. The average Bonchev–Trinajstić information content (AvgIpc) is 2.91. The predicted octanol–water partition coefficient (Wildman–Crippen LogP) is 3.57. The number of anilines is 1. The molecule has 3 heterocycles. The number of alkyl halides is 3. The number of carboxylic acid groups (broad SMARTS) is 1. The number of carboxylic acids is 1. The predicted molar refractivity (Wildman–Crippen MR) is 142 cm³/mol. The summed E-state index contributed by atoms with van der Waals surface area (Å²) in [6.45, 7) is 6.73. The van der Waals surface area contributed by atoms with Crippen LogP contribution in [0.1, 0.15) is 66.7 Å². The lowest BCUT2D eigenvalue weighted by Gasteiger charge is -2.25. The number of fused-ring (bicyclic) bond motifs is 1. The first kappa shape index (κ1) is 31.2. The minimum atomic E-state index is -4.83. The fourth-order valence-corrected chi connectivity index (χ4v) is 4.44. The van der Waals surface area contributed by atoms with Gasteiger partial charge in [0, 0.05) is 25.3 Å². The van der Waals surface area contributed by atoms with E-state index in [4.69, 9.17) is 9.72 Å². The number of unbranched alkanes of at least 4 members (excludes halogenated alkanes) is 1. The molecule has 220 valence electrons. The second-order valence-electron chi connectivity index (χ2n) is 10.0. The molecular formula is C27H37F3N6O4. The summed E-state index contributed by atoms with van der Waals surface area (Å²) >= 11 is 0. The number of halogens is 3. The van der Waals surface area contributed by atoms with Crippen molar-refractivity contribution < 1.29 is 32.6 Å². The van der Waals surface area contributed by atoms with Crippen LogP contribution in [0.5, 0.6) is 0 Å². The molecule has 40 heavy (non-hydrogen) atoms. The molecular weight excluding hydrogens is 529 g/mol. The van der Waals surface area contributed by atoms with Crippen molar-refractivity contribution in [3.05, 3.63) is 46.9 Å². The third-order valence-corrected chi connectivity index (χ3v) is 6.59. The molecule has 0 saturated heterocycles. The maximum absolute atomic E-state index is 13.3. The van der Waals surface area contributed by atoms with E-state index in [9.17, 15) is 27.9 Å². The van der Waals surface area contributed by atoms with Crippen molar-refractivity contribution in [1.29, 1.82) is 0 Å². The zero-order valence-corrected chi connectivity index (χ0v) is 22.8. The quantitative estimate of drug-likeness (QED) is 0.277. The molecule has 1 unspecified atom stereocenters. The molecule has 2 aromatic rings. The fraction of sp³-hybridized carbons (Fsp3) is 0.593. The van der Waals surface area contributed by atoms with Crippen molar-refractivity contribution in [3.8, 4) is 0 Å². The highest BCUT2D eigenvalue weighted by Gasteiger charge is 2.36. The minimum absolute atomic E-state index is 0.000657. The third kappa shape index (κ3) is 9.70. The Morgan fingerprint density at radius 3 is 2.65 bits per heavy atom. The van der Waals surface area contributed by atoms with Crippen molar-refractivity contribution in [2.24, 2.45) is 0 Å². The maximum Gasteiger partial charge on any atom is 0.418 e. The van der Waals surface area contributed by atoms with Gasteiger partial charge in [0.1, 0.15) is 11.9 Å². The Morgan fingerprint density at radius 1 is 1.15 bits per heavy atom. The molecule has 0 radical (unpaired) electrons. The van der Waals surface area contributed by atoms with Crippen LogP contribution in [0.4, 0.5) is 19.0 Å². The Balaban J connectivity index is 1.56. The monoisotopic (exact) mass is 566 g/mol. The first-order chi connectivity index (χ1) is 19.0. The van der Waals surface area contributed by atoms with Crippen LogP contribution >= 0.6 is 0 Å². The van der Waals surface area contributed by atoms with Crippen LogP contribution in [0, 0.1) is 0 Å². The van der Waals surface area contributed by atoms with Gasteiger partial charge >= 0.3 is 12.1 Å². The lowest BCUT2D eigenvalue weighted by Crippen LogP contribution is -2.44. The standard InChI is InChI=1S/C27H37F3N6O4/c1-18(2)40-15-14-36(12-4-3-7-20-9-8-19-6-5-11-31-24(19)34-20)13-10-23(26(38)39)35-25(37)21-16-32-33-17-22(21)27(28,29)30/h8-9,16-18,23H,3-7,10-15H2,1-2H3,(H,31,34)(H,35,37)(H,38,39). The first-order valence-corrected chi connectivity index (χ1v) is 13.5. The first-order valence-electron chi connectivity index (χ1n) is 13.5. The number of hydrogen-bond acceptors (Lipinski definition) is 8. The maximum atomic E-state index is 13.3. The SMILES string of the molecule is CC(C)OCCN(CCCCc1ccc2c(n1)NCCC2)CCC(NC(=O)c1cnncc1C(F)(F)F)C(=O)O. The third-order valence-electron chi connectivity index (χ3n) is 6.59. The van der Waals surface area contributed by atoms with Crippen LogP contribution in [-0.4, -0.2) is 82.0 Å². The Kier molecular flexibility index (Phi) is 11.6. The molecule has 0 aromatic carbocycles. The van der Waals surface area contributed by atoms with Gasteiger partial charge in [-0.05, 0) is 70.5 Å². The van der Waals surface area contributed by atoms with E-state index in [-0.39, 0.29) is 12.5 Å². The summed E-state index contributed by atoms with van der Waals surface area (Å²) in [5.41, 5.74) is 0.198. The number of ether oxygens (including phenoxy) is 1. The molecule has 13 heteroatoms. The number of amides is 1. The largest absolute Gasteiger partial charge is 0.480 e. The van der Waals surface area contributed by atoms with Gasteiger partial charge in [0.05, 0.1) is 36.2 Å². The Morgan fingerprint density at radius 2 is 1.93 bits per heavy atom. The molecule has 1 aliphatic rings. The number of aliphatic carboxylic acids is 1. The van der Waals surface area contributed by atoms with E-state index in [0.717, 1.165) is 50.2 Å². The molecule has 3 N–H and O–H groups in total. The molecule has 1 amide bonds. The fourth-order valence-electron chi connectivity index (χ4n) is 4.44. The van der Waals surface area contributed by atoms with E-state index in [1.165, 1.54) is 5.56 Å². The second kappa shape index (κ2) is 14.9. The van der Waals surface area contributed by atoms with E-state index in [2.05, 4.69) is 33.0 Å². The van der Waals surface area contributed by atoms with Gasteiger partial charge < -0.3 is 25.4 Å². The van der Waals surface area contributed by atoms with E-state index in [0.29, 0.717) is 38.6 Å². The highest BCUT2D eigenvalue weighted by Crippen LogP contribution is 2.31. The zero-order chi connectivity index (χ0) is 29.1. The van der Waals surface area contributed by atoms with Gasteiger partial charge in [0.15, 0.2) is 0 Å². The van der Waals surface area contributed by atoms with Crippen molar-refractivity contribution in [2.75, 3.05) is 38.1 Å². The van der Waals surface area contributed by atoms with E-state index in [1.54, 1.807) is 0 Å². The molecule has 0 saturated carbocycles. The molecule has 0 fully saturated rings. The van der Waals surface area contributed by atoms with Crippen molar-refractivity contribution in [3.63, 3.8) is 0 Å². The number of nitrogens with zero attached hydrogens (tertiary/aromatic N) is 4. The number of aromatic nitrogens is 3. The Bertz CT molecular complexity index is 1130. The number of aryl methyl sites for hydroxylation is 2. The molecule has 2 aromatic heterocycles. The highest BCUT2D eigenvalue weighted by molar-refractivity contribution is 5.97. The number of carbonyl (C=O) groups is 2. The molecule has 10 nitrogen and oxygen atoms in total. The van der Waals surface area contributed by atoms with Gasteiger partial charge in [0.2, 0.25) is 0 Å². The Labute approximate surface area is 231 Å². The van der Waals surface area contributed by atoms with Crippen molar-refractivity contribution in [1.82, 2.24) is 25.4 Å². The molecule has 0 bridgehead atoms. The Hall–Kier alpha value is -3.32. The number of carbonyl (C=O) groups excluding carboxylic acids is 1. The number of nitrogens with one attached hydrogen (secondary N) is 2. The van der Waals surface area contributed by atoms with Crippen LogP contribution in [0.15, 0.2) is 24.5 Å². The van der Waals surface area contributed by atoms with Crippen LogP contribution < -0.4 is 10.6 Å². The van der Waals surface area contributed by atoms with Gasteiger partial charge in [-0.1, -0.05) is 6.07 Å². The molecule has 0 spiro atoms. The second-order valence-corrected chi connectivity index (χ2v) is 10.0. The summed E-state index contributed by atoms with van der Waals surface area (Å²) < 4.78 is 45.5. The molecule has 3 rings (SSSR count). The summed E-state index contributed by atoms with van der Waals surface area (Å²) in [7, 11) is 0. The summed E-state index contributed by atoms with van der Waals surface area (Å²) in [6, 6.07) is 2.80. The number of rotatable bonds is 15. The minimum Gasteiger partial charge on any atom is -0.480 e. The summed E-state index contributed by atoms with van der Waals surface area (Å²) in [5, 5.41) is 21.8. The summed E-state index contributed by atoms with van der Waals surface area (Å²) in [4.78, 5) is 31.2. The summed E-state index contributed by atoms with van der Waals surface area (Å²) in [5.74, 6) is -1.55. The zero-order valence-electron chi connectivity index (χ0n) is 22.8. The van der Waals surface area contributed by atoms with Crippen molar-refractivity contribution in [2.45, 2.75) is 70.7 Å². The van der Waals surface area contributed by atoms with Gasteiger partial charge in [-0.3, -0.25) is 4.79 Å². The lowest BCUT2D eigenvalue weighted by molar-refractivity contribution is -0.139.